The van der Waals surface area contributed by atoms with E-state index in [0.29, 0.717) is 13.0 Å². The van der Waals surface area contributed by atoms with Crippen LogP contribution in [0.5, 0.6) is 0 Å². The number of amides is 1. The summed E-state index contributed by atoms with van der Waals surface area (Å²) in [7, 11) is 0. The first-order chi connectivity index (χ1) is 10.9. The molecular formula is C14H14F3N5O. The molecule has 1 aliphatic rings. The third-order valence-corrected chi connectivity index (χ3v) is 3.66. The molecule has 1 aliphatic heterocycles. The fraction of sp³-hybridized carbons (Fsp3) is 0.429. The molecular weight excluding hydrogens is 311 g/mol. The molecule has 23 heavy (non-hydrogen) atoms. The monoisotopic (exact) mass is 325 g/mol. The number of carbonyl (C=O) groups excluding carboxylic acids is 1. The zero-order chi connectivity index (χ0) is 16.4. The van der Waals surface area contributed by atoms with Crippen molar-refractivity contribution in [2.45, 2.75) is 31.5 Å². The second kappa shape index (κ2) is 5.98. The minimum atomic E-state index is -4.44. The number of halogens is 3. The molecule has 6 nitrogen and oxygen atoms in total. The summed E-state index contributed by atoms with van der Waals surface area (Å²) in [4.78, 5) is 13.1. The quantitative estimate of drug-likeness (QED) is 0.919. The van der Waals surface area contributed by atoms with Crippen molar-refractivity contribution in [3.63, 3.8) is 0 Å². The van der Waals surface area contributed by atoms with Crippen LogP contribution in [0.2, 0.25) is 0 Å². The van der Waals surface area contributed by atoms with Crippen LogP contribution in [-0.2, 0) is 11.0 Å². The van der Waals surface area contributed by atoms with Crippen molar-refractivity contribution in [3.05, 3.63) is 29.8 Å². The van der Waals surface area contributed by atoms with E-state index in [0.717, 1.165) is 25.0 Å². The van der Waals surface area contributed by atoms with Gasteiger partial charge in [0.1, 0.15) is 0 Å². The Morgan fingerprint density at radius 3 is 2.87 bits per heavy atom. The molecule has 0 spiro atoms. The maximum atomic E-state index is 12.8. The van der Waals surface area contributed by atoms with E-state index < -0.39 is 17.8 Å². The van der Waals surface area contributed by atoms with E-state index in [1.165, 1.54) is 16.9 Å². The number of rotatable bonds is 2. The highest BCUT2D eigenvalue weighted by atomic mass is 19.4. The van der Waals surface area contributed by atoms with Crippen molar-refractivity contribution in [1.29, 1.82) is 0 Å². The minimum Gasteiger partial charge on any atom is -0.354 e. The van der Waals surface area contributed by atoms with Crippen LogP contribution in [-0.4, -0.2) is 32.7 Å². The summed E-state index contributed by atoms with van der Waals surface area (Å²) in [5, 5.41) is 14.5. The average Bonchev–Trinajstić information content (AvgIpc) is 2.90. The number of carbonyl (C=O) groups is 1. The molecule has 0 unspecified atom stereocenters. The summed E-state index contributed by atoms with van der Waals surface area (Å²) >= 11 is 0. The Labute approximate surface area is 129 Å². The normalized spacial score (nSPS) is 19.3. The number of hydrogen-bond acceptors (Lipinski definition) is 4. The van der Waals surface area contributed by atoms with Crippen LogP contribution in [0.4, 0.5) is 13.2 Å². The number of aromatic nitrogens is 4. The Hall–Kier alpha value is -2.45. The van der Waals surface area contributed by atoms with Crippen LogP contribution < -0.4 is 5.32 Å². The molecule has 3 rings (SSSR count). The zero-order valence-electron chi connectivity index (χ0n) is 12.0. The van der Waals surface area contributed by atoms with E-state index in [4.69, 9.17) is 0 Å². The van der Waals surface area contributed by atoms with Gasteiger partial charge in [0.15, 0.2) is 6.04 Å². The lowest BCUT2D eigenvalue weighted by Crippen LogP contribution is -2.32. The number of hydrogen-bond donors (Lipinski definition) is 1. The van der Waals surface area contributed by atoms with Crippen molar-refractivity contribution in [1.82, 2.24) is 25.5 Å². The second-order valence-electron chi connectivity index (χ2n) is 5.31. The van der Waals surface area contributed by atoms with Gasteiger partial charge >= 0.3 is 6.18 Å². The molecule has 1 atom stereocenters. The Bertz CT molecular complexity index is 712. The zero-order valence-corrected chi connectivity index (χ0v) is 12.0. The molecule has 0 radical (unpaired) electrons. The summed E-state index contributed by atoms with van der Waals surface area (Å²) in [6.07, 6.45) is -2.15. The Morgan fingerprint density at radius 2 is 2.09 bits per heavy atom. The average molecular weight is 325 g/mol. The molecule has 1 aromatic carbocycles. The predicted octanol–water partition coefficient (Wildman–Crippen LogP) is 2.20. The molecule has 122 valence electrons. The van der Waals surface area contributed by atoms with Crippen LogP contribution >= 0.6 is 0 Å². The second-order valence-corrected chi connectivity index (χ2v) is 5.31. The van der Waals surface area contributed by atoms with Gasteiger partial charge in [0.25, 0.3) is 0 Å². The smallest absolute Gasteiger partial charge is 0.354 e. The maximum Gasteiger partial charge on any atom is 0.416 e. The molecule has 1 N–H and O–H groups in total. The molecule has 2 aromatic rings. The van der Waals surface area contributed by atoms with Crippen LogP contribution in [0.1, 0.15) is 30.9 Å². The van der Waals surface area contributed by atoms with Gasteiger partial charge in [0, 0.05) is 12.1 Å². The molecule has 2 heterocycles. The lowest BCUT2D eigenvalue weighted by molar-refractivity contribution is -0.137. The van der Waals surface area contributed by atoms with Gasteiger partial charge in [-0.25, -0.2) is 0 Å². The van der Waals surface area contributed by atoms with Crippen molar-refractivity contribution in [2.24, 2.45) is 0 Å². The van der Waals surface area contributed by atoms with E-state index in [-0.39, 0.29) is 17.3 Å². The topological polar surface area (TPSA) is 72.7 Å². The van der Waals surface area contributed by atoms with Crippen molar-refractivity contribution in [2.75, 3.05) is 6.54 Å². The highest BCUT2D eigenvalue weighted by Gasteiger charge is 2.31. The molecule has 1 saturated heterocycles. The van der Waals surface area contributed by atoms with Crippen molar-refractivity contribution < 1.29 is 18.0 Å². The first kappa shape index (κ1) is 15.4. The Balaban J connectivity index is 1.88. The first-order valence-electron chi connectivity index (χ1n) is 7.20. The summed E-state index contributed by atoms with van der Waals surface area (Å²) in [6, 6.07) is 4.13. The van der Waals surface area contributed by atoms with Crippen LogP contribution in [0, 0.1) is 0 Å². The number of nitrogens with one attached hydrogen (secondary N) is 1. The van der Waals surface area contributed by atoms with E-state index in [1.54, 1.807) is 0 Å². The lowest BCUT2D eigenvalue weighted by atomic mass is 10.1. The van der Waals surface area contributed by atoms with E-state index in [9.17, 15) is 18.0 Å². The largest absolute Gasteiger partial charge is 0.416 e. The van der Waals surface area contributed by atoms with Gasteiger partial charge in [-0.1, -0.05) is 12.1 Å². The van der Waals surface area contributed by atoms with E-state index in [2.05, 4.69) is 20.7 Å². The maximum absolute atomic E-state index is 12.8. The fourth-order valence-electron chi connectivity index (χ4n) is 2.45. The van der Waals surface area contributed by atoms with Crippen LogP contribution in [0.25, 0.3) is 11.4 Å². The van der Waals surface area contributed by atoms with Gasteiger partial charge in [-0.3, -0.25) is 4.79 Å². The first-order valence-corrected chi connectivity index (χ1v) is 7.20. The minimum absolute atomic E-state index is 0.0631. The van der Waals surface area contributed by atoms with Gasteiger partial charge in [0.05, 0.1) is 5.56 Å². The summed E-state index contributed by atoms with van der Waals surface area (Å²) in [6.45, 7) is 0.602. The standard InChI is InChI=1S/C14H14F3N5O/c15-14(16,17)10-5-3-4-9(8-10)12-19-21-22(20-12)11-6-1-2-7-18-13(11)23/h3-5,8,11H,1-2,6-7H2,(H,18,23)/t11-/m0/s1. The molecule has 9 heteroatoms. The molecule has 0 saturated carbocycles. The number of benzene rings is 1. The van der Waals surface area contributed by atoms with Crippen molar-refractivity contribution >= 4 is 5.91 Å². The lowest BCUT2D eigenvalue weighted by Gasteiger charge is -2.10. The molecule has 1 amide bonds. The van der Waals surface area contributed by atoms with Crippen LogP contribution in [0.3, 0.4) is 0 Å². The van der Waals surface area contributed by atoms with Gasteiger partial charge in [-0.05, 0) is 36.6 Å². The van der Waals surface area contributed by atoms with Gasteiger partial charge in [0.2, 0.25) is 11.7 Å². The highest BCUT2D eigenvalue weighted by Crippen LogP contribution is 2.31. The number of nitrogens with zero attached hydrogens (tertiary/aromatic N) is 4. The third kappa shape index (κ3) is 3.33. The fourth-order valence-corrected chi connectivity index (χ4v) is 2.45. The van der Waals surface area contributed by atoms with Crippen molar-refractivity contribution in [3.8, 4) is 11.4 Å². The molecule has 0 bridgehead atoms. The molecule has 1 fully saturated rings. The SMILES string of the molecule is O=C1NCCCC[C@@H]1n1nnc(-c2cccc(C(F)(F)F)c2)n1. The van der Waals surface area contributed by atoms with Gasteiger partial charge in [-0.15, -0.1) is 10.2 Å². The predicted molar refractivity (Wildman–Crippen MR) is 74.2 cm³/mol. The Morgan fingerprint density at radius 1 is 1.26 bits per heavy atom. The number of alkyl halides is 3. The molecule has 1 aromatic heterocycles. The van der Waals surface area contributed by atoms with E-state index in [1.807, 2.05) is 0 Å². The van der Waals surface area contributed by atoms with Crippen LogP contribution in [0.15, 0.2) is 24.3 Å². The number of tetrazole rings is 1. The molecule has 0 aliphatic carbocycles. The van der Waals surface area contributed by atoms with Gasteiger partial charge < -0.3 is 5.32 Å². The summed E-state index contributed by atoms with van der Waals surface area (Å²) < 4.78 is 38.3. The summed E-state index contributed by atoms with van der Waals surface area (Å²) in [5.74, 6) is -0.136. The van der Waals surface area contributed by atoms with E-state index >= 15 is 0 Å². The van der Waals surface area contributed by atoms with Gasteiger partial charge in [-0.2, -0.15) is 18.0 Å². The highest BCUT2D eigenvalue weighted by molar-refractivity contribution is 5.80. The summed E-state index contributed by atoms with van der Waals surface area (Å²) in [5.41, 5.74) is -0.571. The Kier molecular flexibility index (Phi) is 4.01. The third-order valence-electron chi connectivity index (χ3n) is 3.66.